The number of thioether (sulfide) groups is 1. The van der Waals surface area contributed by atoms with Crippen LogP contribution in [0.15, 0.2) is 10.7 Å². The van der Waals surface area contributed by atoms with Gasteiger partial charge in [-0.3, -0.25) is 14.9 Å². The molecule has 0 spiro atoms. The van der Waals surface area contributed by atoms with Gasteiger partial charge in [0.2, 0.25) is 5.91 Å². The second-order valence-corrected chi connectivity index (χ2v) is 4.54. The van der Waals surface area contributed by atoms with Gasteiger partial charge in [0.05, 0.1) is 11.3 Å². The second-order valence-electron chi connectivity index (χ2n) is 3.45. The molecule has 2 heterocycles. The Bertz CT molecular complexity index is 339. The number of amides is 1. The van der Waals surface area contributed by atoms with Gasteiger partial charge in [-0.25, -0.2) is 0 Å². The zero-order valence-corrected chi connectivity index (χ0v) is 8.54. The van der Waals surface area contributed by atoms with Crippen molar-refractivity contribution in [2.45, 2.75) is 13.3 Å². The minimum atomic E-state index is -0.358. The summed E-state index contributed by atoms with van der Waals surface area (Å²) in [5.41, 5.74) is 0.208. The third-order valence-electron chi connectivity index (χ3n) is 2.45. The number of rotatable bonds is 1. The molecule has 0 radical (unpaired) electrons. The van der Waals surface area contributed by atoms with Crippen LogP contribution in [0.25, 0.3) is 0 Å². The van der Waals surface area contributed by atoms with Crippen molar-refractivity contribution >= 4 is 17.7 Å². The van der Waals surface area contributed by atoms with E-state index in [1.165, 1.54) is 11.8 Å². The number of nitro groups is 1. The van der Waals surface area contributed by atoms with Crippen LogP contribution in [0.4, 0.5) is 0 Å². The summed E-state index contributed by atoms with van der Waals surface area (Å²) in [6.45, 7) is 2.35. The summed E-state index contributed by atoms with van der Waals surface area (Å²) in [7, 11) is 0. The van der Waals surface area contributed by atoms with Gasteiger partial charge in [-0.15, -0.1) is 0 Å². The molecule has 2 aliphatic rings. The molecule has 14 heavy (non-hydrogen) atoms. The van der Waals surface area contributed by atoms with Crippen LogP contribution >= 0.6 is 11.8 Å². The van der Waals surface area contributed by atoms with Gasteiger partial charge in [-0.1, -0.05) is 18.7 Å². The van der Waals surface area contributed by atoms with Crippen LogP contribution in [0.5, 0.6) is 0 Å². The predicted molar refractivity (Wildman–Crippen MR) is 52.0 cm³/mol. The first kappa shape index (κ1) is 9.51. The molecule has 2 rings (SSSR count). The largest absolute Gasteiger partial charge is 0.300 e. The fourth-order valence-electron chi connectivity index (χ4n) is 1.75. The summed E-state index contributed by atoms with van der Waals surface area (Å²) in [6, 6.07) is 0. The molecule has 1 fully saturated rings. The van der Waals surface area contributed by atoms with Gasteiger partial charge >= 0.3 is 0 Å². The van der Waals surface area contributed by atoms with Crippen LogP contribution < -0.4 is 0 Å². The van der Waals surface area contributed by atoms with E-state index in [-0.39, 0.29) is 28.9 Å². The van der Waals surface area contributed by atoms with E-state index in [0.29, 0.717) is 11.6 Å². The lowest BCUT2D eigenvalue weighted by atomic mass is 10.0. The van der Waals surface area contributed by atoms with E-state index in [9.17, 15) is 14.9 Å². The molecule has 5 nitrogen and oxygen atoms in total. The van der Waals surface area contributed by atoms with Crippen LogP contribution in [0.3, 0.4) is 0 Å². The van der Waals surface area contributed by atoms with E-state index in [4.69, 9.17) is 0 Å². The molecule has 1 atom stereocenters. The zero-order chi connectivity index (χ0) is 10.3. The van der Waals surface area contributed by atoms with Crippen molar-refractivity contribution in [1.82, 2.24) is 4.90 Å². The number of hydrogen-bond donors (Lipinski definition) is 0. The highest BCUT2D eigenvalue weighted by Gasteiger charge is 2.40. The Morgan fingerprint density at radius 2 is 2.36 bits per heavy atom. The Hall–Kier alpha value is -1.04. The molecule has 76 valence electrons. The van der Waals surface area contributed by atoms with Gasteiger partial charge in [-0.2, -0.15) is 0 Å². The summed E-state index contributed by atoms with van der Waals surface area (Å²) in [6.07, 6.45) is 0.269. The van der Waals surface area contributed by atoms with Crippen molar-refractivity contribution in [3.05, 3.63) is 20.8 Å². The maximum absolute atomic E-state index is 11.6. The SMILES string of the molecule is CC1CC([N+](=O)[O-])=C2SCCN2C1=O. The Morgan fingerprint density at radius 3 is 3.00 bits per heavy atom. The molecule has 0 aromatic heterocycles. The minimum absolute atomic E-state index is 0.0237. The fraction of sp³-hybridized carbons (Fsp3) is 0.625. The van der Waals surface area contributed by atoms with E-state index in [0.717, 1.165) is 5.75 Å². The smallest absolute Gasteiger partial charge is 0.277 e. The molecular weight excluding hydrogens is 204 g/mol. The minimum Gasteiger partial charge on any atom is -0.300 e. The lowest BCUT2D eigenvalue weighted by Crippen LogP contribution is -2.37. The molecule has 1 saturated heterocycles. The topological polar surface area (TPSA) is 63.5 Å². The van der Waals surface area contributed by atoms with E-state index in [1.54, 1.807) is 11.8 Å². The molecule has 0 aromatic rings. The first-order valence-electron chi connectivity index (χ1n) is 4.43. The number of nitrogens with zero attached hydrogens (tertiary/aromatic N) is 2. The highest BCUT2D eigenvalue weighted by molar-refractivity contribution is 8.03. The van der Waals surface area contributed by atoms with Crippen molar-refractivity contribution in [2.75, 3.05) is 12.3 Å². The van der Waals surface area contributed by atoms with Crippen molar-refractivity contribution in [2.24, 2.45) is 5.92 Å². The van der Waals surface area contributed by atoms with Crippen LogP contribution in [0.2, 0.25) is 0 Å². The van der Waals surface area contributed by atoms with Gasteiger partial charge in [0.1, 0.15) is 0 Å². The Morgan fingerprint density at radius 1 is 1.64 bits per heavy atom. The first-order chi connectivity index (χ1) is 6.61. The molecule has 6 heteroatoms. The highest BCUT2D eigenvalue weighted by atomic mass is 32.2. The van der Waals surface area contributed by atoms with E-state index < -0.39 is 0 Å². The van der Waals surface area contributed by atoms with Gasteiger partial charge < -0.3 is 4.90 Å². The Balaban J connectivity index is 2.42. The van der Waals surface area contributed by atoms with Crippen LogP contribution in [-0.4, -0.2) is 28.0 Å². The molecule has 0 N–H and O–H groups in total. The maximum atomic E-state index is 11.6. The second kappa shape index (κ2) is 3.27. The molecule has 1 unspecified atom stereocenters. The van der Waals surface area contributed by atoms with Crippen LogP contribution in [-0.2, 0) is 4.79 Å². The number of carbonyl (C=O) groups is 1. The summed E-state index contributed by atoms with van der Waals surface area (Å²) >= 11 is 1.41. The van der Waals surface area contributed by atoms with Crippen LogP contribution in [0, 0.1) is 16.0 Å². The standard InChI is InChI=1S/C8H10N2O3S/c1-5-4-6(10(12)13)8-9(7(5)11)2-3-14-8/h5H,2-4H2,1H3. The van der Waals surface area contributed by atoms with Crippen molar-refractivity contribution in [3.8, 4) is 0 Å². The van der Waals surface area contributed by atoms with Gasteiger partial charge in [0.25, 0.3) is 5.70 Å². The molecule has 0 aromatic carbocycles. The monoisotopic (exact) mass is 214 g/mol. The third kappa shape index (κ3) is 1.30. The summed E-state index contributed by atoms with van der Waals surface area (Å²) in [5, 5.41) is 11.3. The molecule has 0 saturated carbocycles. The molecule has 2 aliphatic heterocycles. The first-order valence-corrected chi connectivity index (χ1v) is 5.41. The lowest BCUT2D eigenvalue weighted by molar-refractivity contribution is -0.430. The van der Waals surface area contributed by atoms with E-state index in [1.807, 2.05) is 0 Å². The molecule has 0 aliphatic carbocycles. The summed E-state index contributed by atoms with van der Waals surface area (Å²) in [4.78, 5) is 23.6. The quantitative estimate of drug-likeness (QED) is 0.483. The highest BCUT2D eigenvalue weighted by Crippen LogP contribution is 2.38. The van der Waals surface area contributed by atoms with Gasteiger partial charge in [-0.05, 0) is 0 Å². The van der Waals surface area contributed by atoms with Crippen molar-refractivity contribution in [1.29, 1.82) is 0 Å². The Kier molecular flexibility index (Phi) is 2.22. The number of carbonyl (C=O) groups excluding carboxylic acids is 1. The number of fused-ring (bicyclic) bond motifs is 1. The van der Waals surface area contributed by atoms with Crippen molar-refractivity contribution < 1.29 is 9.72 Å². The maximum Gasteiger partial charge on any atom is 0.277 e. The third-order valence-corrected chi connectivity index (χ3v) is 3.57. The fourth-order valence-corrected chi connectivity index (χ4v) is 2.87. The lowest BCUT2D eigenvalue weighted by Gasteiger charge is -2.25. The normalized spacial score (nSPS) is 26.8. The van der Waals surface area contributed by atoms with E-state index >= 15 is 0 Å². The average molecular weight is 214 g/mol. The zero-order valence-electron chi connectivity index (χ0n) is 7.73. The van der Waals surface area contributed by atoms with Gasteiger partial charge in [0.15, 0.2) is 5.03 Å². The van der Waals surface area contributed by atoms with Crippen molar-refractivity contribution in [3.63, 3.8) is 0 Å². The number of allylic oxidation sites excluding steroid dienone is 1. The van der Waals surface area contributed by atoms with Gasteiger partial charge in [0, 0.05) is 18.2 Å². The van der Waals surface area contributed by atoms with E-state index in [2.05, 4.69) is 0 Å². The summed E-state index contributed by atoms with van der Waals surface area (Å²) < 4.78 is 0. The molecular formula is C8H10N2O3S. The Labute approximate surface area is 85.3 Å². The van der Waals surface area contributed by atoms with Crippen LogP contribution in [0.1, 0.15) is 13.3 Å². The molecule has 0 bridgehead atoms. The molecule has 1 amide bonds. The average Bonchev–Trinajstić information content (AvgIpc) is 2.59. The number of hydrogen-bond acceptors (Lipinski definition) is 4. The summed E-state index contributed by atoms with van der Waals surface area (Å²) in [5.74, 6) is 0.541. The predicted octanol–water partition coefficient (Wildman–Crippen LogP) is 1.05.